The van der Waals surface area contributed by atoms with Crippen LogP contribution in [-0.2, 0) is 42.0 Å². The van der Waals surface area contributed by atoms with Crippen LogP contribution in [0.5, 0.6) is 5.75 Å². The molecule has 0 radical (unpaired) electrons. The lowest BCUT2D eigenvalue weighted by Crippen LogP contribution is -2.61. The van der Waals surface area contributed by atoms with Gasteiger partial charge in [-0.05, 0) is 73.7 Å². The average molecular weight is 779 g/mol. The van der Waals surface area contributed by atoms with Crippen LogP contribution in [0.15, 0.2) is 78.9 Å². The van der Waals surface area contributed by atoms with Gasteiger partial charge >= 0.3 is 0 Å². The van der Waals surface area contributed by atoms with Crippen LogP contribution < -0.4 is 35.6 Å². The van der Waals surface area contributed by atoms with E-state index < -0.39 is 75.9 Å². The Labute approximate surface area is 321 Å². The molecule has 6 N–H and O–H groups in total. The summed E-state index contributed by atoms with van der Waals surface area (Å²) in [5.74, 6) is -3.31. The molecule has 16 heteroatoms. The molecule has 0 unspecified atom stereocenters. The van der Waals surface area contributed by atoms with Gasteiger partial charge in [-0.1, -0.05) is 56.3 Å². The maximum absolute atomic E-state index is 13.7. The number of anilines is 1. The van der Waals surface area contributed by atoms with Gasteiger partial charge in [-0.15, -0.1) is 0 Å². The highest BCUT2D eigenvalue weighted by atomic mass is 32.2. The summed E-state index contributed by atoms with van der Waals surface area (Å²) in [6, 6.07) is 16.7. The van der Waals surface area contributed by atoms with Gasteiger partial charge < -0.3 is 36.4 Å². The molecule has 3 aromatic rings. The molecule has 5 amide bonds. The summed E-state index contributed by atoms with van der Waals surface area (Å²) < 4.78 is 31.1. The van der Waals surface area contributed by atoms with Crippen molar-refractivity contribution in [3.05, 3.63) is 95.6 Å². The number of hydrogen-bond donors (Lipinski definition) is 6. The third kappa shape index (κ3) is 12.0. The molecule has 0 saturated heterocycles. The highest BCUT2D eigenvalue weighted by molar-refractivity contribution is 7.92. The van der Waals surface area contributed by atoms with Crippen molar-refractivity contribution in [1.82, 2.24) is 26.6 Å². The van der Waals surface area contributed by atoms with Crippen molar-refractivity contribution in [3.8, 4) is 5.75 Å². The highest BCUT2D eigenvalue weighted by Gasteiger charge is 2.34. The molecular formula is C39H50N6O9S. The predicted octanol–water partition coefficient (Wildman–Crippen LogP) is 1.05. The summed E-state index contributed by atoms with van der Waals surface area (Å²) in [4.78, 5) is 67.7. The minimum absolute atomic E-state index is 0.00305. The normalized spacial score (nSPS) is 22.3. The first-order chi connectivity index (χ1) is 25.9. The van der Waals surface area contributed by atoms with Crippen LogP contribution in [0.4, 0.5) is 5.69 Å². The highest BCUT2D eigenvalue weighted by Crippen LogP contribution is 2.18. The predicted molar refractivity (Wildman–Crippen MR) is 207 cm³/mol. The minimum Gasteiger partial charge on any atom is -0.491 e. The van der Waals surface area contributed by atoms with E-state index in [0.717, 1.165) is 16.1 Å². The standard InChI is InChI=1S/C39H50N6O9S/c1-23(2)33-38(50)41-29(20-26-10-8-7-9-11-26)22-54-31-18-12-27(13-19-31)21-32(37(49)40-24(3)35(47)44-34(25(4)46)39(51)43-33)42-36(48)28-14-16-30(17-15-28)45(5)55(6,52)53/h7-19,23-25,29,32-34,46H,20-22H2,1-6H3,(H,40,49)(H,41,50)(H,42,48)(H,43,51)(H,44,47)/t24-,25-,29+,32+,33-,34+/m1/s1. The maximum atomic E-state index is 13.7. The molecule has 55 heavy (non-hydrogen) atoms. The lowest BCUT2D eigenvalue weighted by Gasteiger charge is -2.29. The fraction of sp³-hybridized carbons (Fsp3) is 0.410. The molecule has 2 aliphatic rings. The van der Waals surface area contributed by atoms with Crippen molar-refractivity contribution >= 4 is 45.2 Å². The van der Waals surface area contributed by atoms with Crippen LogP contribution in [0.2, 0.25) is 0 Å². The van der Waals surface area contributed by atoms with E-state index in [-0.39, 0.29) is 24.5 Å². The molecule has 2 aliphatic heterocycles. The van der Waals surface area contributed by atoms with E-state index >= 15 is 0 Å². The quantitative estimate of drug-likeness (QED) is 0.180. The molecule has 0 aromatic heterocycles. The zero-order valence-corrected chi connectivity index (χ0v) is 32.6. The Morgan fingerprint density at radius 2 is 1.44 bits per heavy atom. The lowest BCUT2D eigenvalue weighted by atomic mass is 10.0. The van der Waals surface area contributed by atoms with Crippen LogP contribution in [0.1, 0.15) is 49.2 Å². The summed E-state index contributed by atoms with van der Waals surface area (Å²) in [5.41, 5.74) is 2.08. The van der Waals surface area contributed by atoms with Gasteiger partial charge in [-0.3, -0.25) is 28.3 Å². The van der Waals surface area contributed by atoms with Crippen LogP contribution in [0.25, 0.3) is 0 Å². The Morgan fingerprint density at radius 3 is 2.02 bits per heavy atom. The van der Waals surface area contributed by atoms with Crippen molar-refractivity contribution in [2.75, 3.05) is 24.2 Å². The molecular weight excluding hydrogens is 729 g/mol. The monoisotopic (exact) mass is 778 g/mol. The second-order valence-electron chi connectivity index (χ2n) is 14.0. The molecule has 296 valence electrons. The number of ether oxygens (including phenoxy) is 1. The third-order valence-corrected chi connectivity index (χ3v) is 10.4. The maximum Gasteiger partial charge on any atom is 0.251 e. The van der Waals surface area contributed by atoms with E-state index in [0.29, 0.717) is 23.4 Å². The first-order valence-corrected chi connectivity index (χ1v) is 19.8. The van der Waals surface area contributed by atoms with Gasteiger partial charge in [-0.2, -0.15) is 0 Å². The number of fused-ring (bicyclic) bond motifs is 17. The number of benzene rings is 3. The van der Waals surface area contributed by atoms with E-state index in [1.165, 1.54) is 45.2 Å². The van der Waals surface area contributed by atoms with Gasteiger partial charge in [0.25, 0.3) is 5.91 Å². The molecule has 0 saturated carbocycles. The number of amides is 5. The van der Waals surface area contributed by atoms with Crippen LogP contribution in [0.3, 0.4) is 0 Å². The SMILES string of the molecule is CC(C)[C@H]1NC(=O)[C@H]([C@@H](C)O)NC(=O)[C@@H](C)NC(=O)[C@@H](NC(=O)c2ccc(N(C)S(C)(=O)=O)cc2)Cc2ccc(cc2)OC[C@H](Cc2ccccc2)NC1=O. The van der Waals surface area contributed by atoms with E-state index in [1.807, 2.05) is 30.3 Å². The minimum atomic E-state index is -3.54. The summed E-state index contributed by atoms with van der Waals surface area (Å²) in [6.45, 7) is 6.27. The fourth-order valence-electron chi connectivity index (χ4n) is 5.80. The van der Waals surface area contributed by atoms with Crippen LogP contribution >= 0.6 is 0 Å². The smallest absolute Gasteiger partial charge is 0.251 e. The molecule has 0 fully saturated rings. The van der Waals surface area contributed by atoms with Gasteiger partial charge in [0.15, 0.2) is 0 Å². The van der Waals surface area contributed by atoms with Crippen molar-refractivity contribution in [2.45, 2.75) is 76.8 Å². The van der Waals surface area contributed by atoms with Crippen LogP contribution in [-0.4, -0.2) is 99.3 Å². The first-order valence-electron chi connectivity index (χ1n) is 17.9. The third-order valence-electron chi connectivity index (χ3n) is 9.16. The van der Waals surface area contributed by atoms with E-state index in [1.54, 1.807) is 38.1 Å². The first kappa shape index (κ1) is 42.3. The second kappa shape index (κ2) is 18.7. The van der Waals surface area contributed by atoms with E-state index in [9.17, 15) is 37.5 Å². The van der Waals surface area contributed by atoms with E-state index in [4.69, 9.17) is 4.74 Å². The summed E-state index contributed by atoms with van der Waals surface area (Å²) >= 11 is 0. The number of carbonyl (C=O) groups is 5. The van der Waals surface area contributed by atoms with Gasteiger partial charge in [0.2, 0.25) is 33.7 Å². The number of nitrogens with zero attached hydrogens (tertiary/aromatic N) is 1. The molecule has 0 spiro atoms. The fourth-order valence-corrected chi connectivity index (χ4v) is 6.31. The molecule has 2 bridgehead atoms. The molecule has 0 aliphatic carbocycles. The topological polar surface area (TPSA) is 212 Å². The number of sulfonamides is 1. The molecule has 6 atom stereocenters. The van der Waals surface area contributed by atoms with Crippen molar-refractivity contribution in [1.29, 1.82) is 0 Å². The van der Waals surface area contributed by atoms with Crippen molar-refractivity contribution < 1.29 is 42.2 Å². The number of aliphatic hydroxyl groups is 1. The largest absolute Gasteiger partial charge is 0.491 e. The Bertz CT molecular complexity index is 1920. The van der Waals surface area contributed by atoms with Crippen molar-refractivity contribution in [2.24, 2.45) is 5.92 Å². The van der Waals surface area contributed by atoms with Gasteiger partial charge in [0.05, 0.1) is 24.1 Å². The molecule has 3 aromatic carbocycles. The van der Waals surface area contributed by atoms with Crippen LogP contribution in [0, 0.1) is 5.92 Å². The second-order valence-corrected chi connectivity index (χ2v) is 16.1. The van der Waals surface area contributed by atoms with Gasteiger partial charge in [0, 0.05) is 19.0 Å². The zero-order chi connectivity index (χ0) is 40.4. The van der Waals surface area contributed by atoms with Crippen molar-refractivity contribution in [3.63, 3.8) is 0 Å². The summed E-state index contributed by atoms with van der Waals surface area (Å²) in [7, 11) is -2.16. The lowest BCUT2D eigenvalue weighted by molar-refractivity contribution is -0.136. The zero-order valence-electron chi connectivity index (χ0n) is 31.7. The number of aliphatic hydroxyl groups excluding tert-OH is 1. The number of carbonyl (C=O) groups excluding carboxylic acids is 5. The molecule has 15 nitrogen and oxygen atoms in total. The summed E-state index contributed by atoms with van der Waals surface area (Å²) in [5, 5.41) is 24.0. The van der Waals surface area contributed by atoms with Gasteiger partial charge in [-0.25, -0.2) is 8.42 Å². The molecule has 5 rings (SSSR count). The van der Waals surface area contributed by atoms with Gasteiger partial charge in [0.1, 0.15) is 36.5 Å². The average Bonchev–Trinajstić information content (AvgIpc) is 3.14. The van der Waals surface area contributed by atoms with E-state index in [2.05, 4.69) is 26.6 Å². The number of nitrogens with one attached hydrogen (secondary N) is 5. The summed E-state index contributed by atoms with van der Waals surface area (Å²) in [6.07, 6.45) is 0.0977. The Hall–Kier alpha value is -5.48. The number of hydrogen-bond acceptors (Lipinski definition) is 9. The molecule has 2 heterocycles. The Kier molecular flexibility index (Phi) is 14.4. The Balaban J connectivity index is 1.65. The number of rotatable bonds is 8. The Morgan fingerprint density at radius 1 is 0.836 bits per heavy atom.